The molecule has 0 amide bonds. The van der Waals surface area contributed by atoms with E-state index in [0.29, 0.717) is 24.3 Å². The zero-order chi connectivity index (χ0) is 15.9. The normalized spacial score (nSPS) is 11.9. The number of ether oxygens (including phenoxy) is 1. The summed E-state index contributed by atoms with van der Waals surface area (Å²) in [5, 5.41) is 3.09. The van der Waals surface area contributed by atoms with Gasteiger partial charge in [0, 0.05) is 0 Å². The monoisotopic (exact) mass is 322 g/mol. The van der Waals surface area contributed by atoms with Gasteiger partial charge in [-0.2, -0.15) is 0 Å². The summed E-state index contributed by atoms with van der Waals surface area (Å²) in [7, 11) is -2.48. The quantitative estimate of drug-likeness (QED) is 0.674. The highest BCUT2D eigenvalue weighted by molar-refractivity contribution is 7.89. The highest BCUT2D eigenvalue weighted by Gasteiger charge is 2.20. The molecular weight excluding hydrogens is 302 g/mol. The number of nitrogens with one attached hydrogen (secondary N) is 2. The fourth-order valence-electron chi connectivity index (χ4n) is 1.79. The van der Waals surface area contributed by atoms with Crippen LogP contribution < -0.4 is 14.8 Å². The molecule has 0 spiro atoms. The smallest absolute Gasteiger partial charge is 0.251 e. The van der Waals surface area contributed by atoms with E-state index < -0.39 is 23.0 Å². The van der Waals surface area contributed by atoms with Gasteiger partial charge in [0.2, 0.25) is 10.0 Å². The molecule has 2 N–H and O–H groups in total. The Morgan fingerprint density at radius 3 is 2.62 bits per heavy atom. The molecule has 5 nitrogen and oxygen atoms in total. The number of hydrogen-bond donors (Lipinski definition) is 2. The summed E-state index contributed by atoms with van der Waals surface area (Å²) in [6, 6.07) is 4.47. The van der Waals surface area contributed by atoms with Gasteiger partial charge < -0.3 is 10.1 Å². The third-order valence-corrected chi connectivity index (χ3v) is 4.33. The Morgan fingerprint density at radius 1 is 1.33 bits per heavy atom. The van der Waals surface area contributed by atoms with Crippen LogP contribution in [0.2, 0.25) is 0 Å². The minimum absolute atomic E-state index is 0.00172. The van der Waals surface area contributed by atoms with E-state index in [2.05, 4.69) is 5.32 Å². The number of hydrogen-bond acceptors (Lipinski definition) is 4. The van der Waals surface area contributed by atoms with Crippen LogP contribution in [0.5, 0.6) is 5.75 Å². The second-order valence-electron chi connectivity index (χ2n) is 4.32. The molecule has 0 aliphatic carbocycles. The highest BCUT2D eigenvalue weighted by atomic mass is 32.2. The first-order valence-corrected chi connectivity index (χ1v) is 8.04. The molecule has 0 aliphatic heterocycles. The minimum atomic E-state index is -3.96. The standard InChI is InChI=1S/C13H20F2N2O3S/c1-3-16-7-6-10-8-11(20-2)4-5-12(10)21(18,19)17-9-13(14)15/h4-5,8,13,16-17H,3,6-7,9H2,1-2H3. The van der Waals surface area contributed by atoms with E-state index >= 15 is 0 Å². The molecule has 0 atom stereocenters. The first-order valence-electron chi connectivity index (χ1n) is 6.56. The second-order valence-corrected chi connectivity index (χ2v) is 6.06. The van der Waals surface area contributed by atoms with Crippen LogP contribution in [0.15, 0.2) is 23.1 Å². The molecule has 0 aliphatic rings. The zero-order valence-electron chi connectivity index (χ0n) is 12.0. The topological polar surface area (TPSA) is 67.4 Å². The van der Waals surface area contributed by atoms with Gasteiger partial charge in [0.25, 0.3) is 6.43 Å². The first kappa shape index (κ1) is 17.8. The van der Waals surface area contributed by atoms with Crippen molar-refractivity contribution in [2.75, 3.05) is 26.7 Å². The van der Waals surface area contributed by atoms with Crippen LogP contribution in [0.4, 0.5) is 8.78 Å². The van der Waals surface area contributed by atoms with Crippen LogP contribution in [0.25, 0.3) is 0 Å². The summed E-state index contributed by atoms with van der Waals surface area (Å²) in [5.74, 6) is 0.523. The third kappa shape index (κ3) is 5.56. The lowest BCUT2D eigenvalue weighted by Gasteiger charge is -2.13. The van der Waals surface area contributed by atoms with E-state index in [4.69, 9.17) is 4.74 Å². The summed E-state index contributed by atoms with van der Waals surface area (Å²) in [6.45, 7) is 2.38. The molecule has 120 valence electrons. The van der Waals surface area contributed by atoms with Crippen LogP contribution in [-0.4, -0.2) is 41.6 Å². The van der Waals surface area contributed by atoms with Gasteiger partial charge in [-0.25, -0.2) is 21.9 Å². The molecule has 1 aromatic rings. The second kappa shape index (κ2) is 8.26. The highest BCUT2D eigenvalue weighted by Crippen LogP contribution is 2.22. The molecule has 0 unspecified atom stereocenters. The van der Waals surface area contributed by atoms with Crippen LogP contribution >= 0.6 is 0 Å². The average molecular weight is 322 g/mol. The molecule has 21 heavy (non-hydrogen) atoms. The molecule has 0 saturated carbocycles. The van der Waals surface area contributed by atoms with E-state index in [1.165, 1.54) is 19.2 Å². The van der Waals surface area contributed by atoms with Crippen molar-refractivity contribution in [1.82, 2.24) is 10.0 Å². The maximum Gasteiger partial charge on any atom is 0.251 e. The fourth-order valence-corrected chi connectivity index (χ4v) is 3.04. The molecule has 0 bridgehead atoms. The first-order chi connectivity index (χ1) is 9.90. The maximum absolute atomic E-state index is 12.2. The van der Waals surface area contributed by atoms with Crippen molar-refractivity contribution < 1.29 is 21.9 Å². The van der Waals surface area contributed by atoms with Gasteiger partial charge in [0.15, 0.2) is 0 Å². The Morgan fingerprint density at radius 2 is 2.05 bits per heavy atom. The lowest BCUT2D eigenvalue weighted by atomic mass is 10.1. The van der Waals surface area contributed by atoms with Crippen molar-refractivity contribution in [3.05, 3.63) is 23.8 Å². The Hall–Kier alpha value is -1.25. The van der Waals surface area contributed by atoms with Gasteiger partial charge in [0.1, 0.15) is 5.75 Å². The Kier molecular flexibility index (Phi) is 7.00. The molecule has 0 radical (unpaired) electrons. The number of alkyl halides is 2. The Balaban J connectivity index is 3.03. The summed E-state index contributed by atoms with van der Waals surface area (Å²) in [5.41, 5.74) is 0.525. The van der Waals surface area contributed by atoms with Gasteiger partial charge in [-0.05, 0) is 43.3 Å². The number of halogens is 2. The minimum Gasteiger partial charge on any atom is -0.497 e. The van der Waals surface area contributed by atoms with E-state index in [1.807, 2.05) is 11.6 Å². The van der Waals surface area contributed by atoms with Gasteiger partial charge in [0.05, 0.1) is 18.6 Å². The number of methoxy groups -OCH3 is 1. The summed E-state index contributed by atoms with van der Waals surface area (Å²) in [6.07, 6.45) is -2.28. The largest absolute Gasteiger partial charge is 0.497 e. The van der Waals surface area contributed by atoms with Crippen molar-refractivity contribution in [2.45, 2.75) is 24.7 Å². The molecule has 0 heterocycles. The number of rotatable bonds is 9. The molecule has 0 aromatic heterocycles. The SMILES string of the molecule is CCNCCc1cc(OC)ccc1S(=O)(=O)NCC(F)F. The van der Waals surface area contributed by atoms with Gasteiger partial charge in [-0.1, -0.05) is 6.92 Å². The van der Waals surface area contributed by atoms with E-state index in [9.17, 15) is 17.2 Å². The van der Waals surface area contributed by atoms with Crippen LogP contribution in [0, 0.1) is 0 Å². The Labute approximate surface area is 123 Å². The van der Waals surface area contributed by atoms with Crippen molar-refractivity contribution in [1.29, 1.82) is 0 Å². The van der Waals surface area contributed by atoms with Crippen molar-refractivity contribution in [3.8, 4) is 5.75 Å². The van der Waals surface area contributed by atoms with Crippen LogP contribution in [0.1, 0.15) is 12.5 Å². The van der Waals surface area contributed by atoms with E-state index in [-0.39, 0.29) is 4.90 Å². The molecule has 0 saturated heterocycles. The summed E-state index contributed by atoms with van der Waals surface area (Å²) in [4.78, 5) is 0.00172. The predicted molar refractivity (Wildman–Crippen MR) is 76.4 cm³/mol. The lowest BCUT2D eigenvalue weighted by molar-refractivity contribution is 0.153. The fraction of sp³-hybridized carbons (Fsp3) is 0.538. The Bertz CT molecular complexity index is 550. The van der Waals surface area contributed by atoms with Gasteiger partial charge >= 0.3 is 0 Å². The molecule has 1 rings (SSSR count). The average Bonchev–Trinajstić information content (AvgIpc) is 2.45. The molecule has 8 heteroatoms. The van der Waals surface area contributed by atoms with Gasteiger partial charge in [-0.3, -0.25) is 0 Å². The lowest BCUT2D eigenvalue weighted by Crippen LogP contribution is -2.29. The third-order valence-electron chi connectivity index (χ3n) is 2.81. The van der Waals surface area contributed by atoms with E-state index in [1.54, 1.807) is 6.07 Å². The zero-order valence-corrected chi connectivity index (χ0v) is 12.8. The predicted octanol–water partition coefficient (Wildman–Crippen LogP) is 1.39. The van der Waals surface area contributed by atoms with Crippen molar-refractivity contribution in [2.24, 2.45) is 0 Å². The van der Waals surface area contributed by atoms with Crippen LogP contribution in [-0.2, 0) is 16.4 Å². The maximum atomic E-state index is 12.2. The number of likely N-dealkylation sites (N-methyl/N-ethyl adjacent to an activating group) is 1. The van der Waals surface area contributed by atoms with E-state index in [0.717, 1.165) is 6.54 Å². The number of sulfonamides is 1. The number of benzene rings is 1. The van der Waals surface area contributed by atoms with Gasteiger partial charge in [-0.15, -0.1) is 0 Å². The van der Waals surface area contributed by atoms with Crippen LogP contribution in [0.3, 0.4) is 0 Å². The molecular formula is C13H20F2N2O3S. The molecule has 1 aromatic carbocycles. The van der Waals surface area contributed by atoms with Crippen molar-refractivity contribution >= 4 is 10.0 Å². The molecule has 0 fully saturated rings. The summed E-state index contributed by atoms with van der Waals surface area (Å²) >= 11 is 0. The van der Waals surface area contributed by atoms with Crippen molar-refractivity contribution in [3.63, 3.8) is 0 Å². The summed E-state index contributed by atoms with van der Waals surface area (Å²) < 4.78 is 55.5.